The van der Waals surface area contributed by atoms with Gasteiger partial charge in [-0.15, -0.1) is 0 Å². The van der Waals surface area contributed by atoms with E-state index in [1.807, 2.05) is 30.3 Å². The minimum absolute atomic E-state index is 0.0151. The molecule has 0 fully saturated rings. The molecule has 0 bridgehead atoms. The zero-order valence-corrected chi connectivity index (χ0v) is 16.4. The van der Waals surface area contributed by atoms with Crippen LogP contribution in [0.1, 0.15) is 39.8 Å². The van der Waals surface area contributed by atoms with Crippen molar-refractivity contribution < 1.29 is 18.0 Å². The van der Waals surface area contributed by atoms with Crippen LogP contribution in [0.4, 0.5) is 4.39 Å². The van der Waals surface area contributed by atoms with Gasteiger partial charge in [-0.3, -0.25) is 4.79 Å². The van der Waals surface area contributed by atoms with Gasteiger partial charge in [-0.2, -0.15) is 0 Å². The number of hydrogen-bond donors (Lipinski definition) is 0. The second-order valence-electron chi connectivity index (χ2n) is 7.10. The van der Waals surface area contributed by atoms with Gasteiger partial charge in [0.25, 0.3) is 5.91 Å². The highest BCUT2D eigenvalue weighted by atomic mass is 19.1. The number of rotatable bonds is 8. The third kappa shape index (κ3) is 4.69. The lowest BCUT2D eigenvalue weighted by molar-refractivity contribution is 0.0706. The molecule has 1 amide bonds. The maximum Gasteiger partial charge on any atom is 0.289 e. The molecule has 0 saturated carbocycles. The SMILES string of the molecule is O=C(c1ccco1)N(CC[C@@H](c1ccccc1)c1ccco1)Cc1ccc(F)cc1. The van der Waals surface area contributed by atoms with E-state index in [-0.39, 0.29) is 23.4 Å². The third-order valence-corrected chi connectivity index (χ3v) is 5.08. The summed E-state index contributed by atoms with van der Waals surface area (Å²) >= 11 is 0. The molecule has 2 aromatic carbocycles. The quantitative estimate of drug-likeness (QED) is 0.369. The van der Waals surface area contributed by atoms with Crippen molar-refractivity contribution in [2.24, 2.45) is 0 Å². The van der Waals surface area contributed by atoms with Crippen molar-refractivity contribution in [1.82, 2.24) is 4.90 Å². The zero-order chi connectivity index (χ0) is 20.8. The Morgan fingerprint density at radius 1 is 0.867 bits per heavy atom. The van der Waals surface area contributed by atoms with E-state index in [1.54, 1.807) is 35.4 Å². The predicted molar refractivity (Wildman–Crippen MR) is 111 cm³/mol. The van der Waals surface area contributed by atoms with Crippen molar-refractivity contribution >= 4 is 5.91 Å². The van der Waals surface area contributed by atoms with Crippen LogP contribution in [-0.2, 0) is 6.54 Å². The molecule has 5 heteroatoms. The number of carbonyl (C=O) groups is 1. The van der Waals surface area contributed by atoms with Crippen LogP contribution in [0.3, 0.4) is 0 Å². The zero-order valence-electron chi connectivity index (χ0n) is 16.4. The Kier molecular flexibility index (Phi) is 6.09. The average molecular weight is 403 g/mol. The van der Waals surface area contributed by atoms with Crippen LogP contribution in [0.25, 0.3) is 0 Å². The molecule has 1 atom stereocenters. The van der Waals surface area contributed by atoms with Crippen LogP contribution in [-0.4, -0.2) is 17.4 Å². The minimum Gasteiger partial charge on any atom is -0.469 e. The molecule has 0 aliphatic heterocycles. The Morgan fingerprint density at radius 2 is 1.60 bits per heavy atom. The van der Waals surface area contributed by atoms with Crippen LogP contribution in [0, 0.1) is 5.82 Å². The maximum atomic E-state index is 13.3. The summed E-state index contributed by atoms with van der Waals surface area (Å²) in [4.78, 5) is 14.8. The van der Waals surface area contributed by atoms with Crippen LogP contribution in [0.2, 0.25) is 0 Å². The van der Waals surface area contributed by atoms with Gasteiger partial charge in [-0.05, 0) is 53.9 Å². The van der Waals surface area contributed by atoms with Crippen molar-refractivity contribution in [2.75, 3.05) is 6.54 Å². The Labute approximate surface area is 174 Å². The summed E-state index contributed by atoms with van der Waals surface area (Å²) in [5.41, 5.74) is 1.98. The number of amides is 1. The van der Waals surface area contributed by atoms with Gasteiger partial charge < -0.3 is 13.7 Å². The highest BCUT2D eigenvalue weighted by Crippen LogP contribution is 2.29. The fraction of sp³-hybridized carbons (Fsp3) is 0.160. The molecule has 2 heterocycles. The Hall–Kier alpha value is -3.60. The number of halogens is 1. The van der Waals surface area contributed by atoms with Gasteiger partial charge in [-0.1, -0.05) is 42.5 Å². The summed E-state index contributed by atoms with van der Waals surface area (Å²) in [6.07, 6.45) is 3.82. The van der Waals surface area contributed by atoms with Gasteiger partial charge in [0.2, 0.25) is 0 Å². The monoisotopic (exact) mass is 403 g/mol. The molecule has 2 aromatic heterocycles. The normalized spacial score (nSPS) is 11.9. The molecule has 0 N–H and O–H groups in total. The molecule has 30 heavy (non-hydrogen) atoms. The lowest BCUT2D eigenvalue weighted by Gasteiger charge is -2.24. The topological polar surface area (TPSA) is 46.6 Å². The predicted octanol–water partition coefficient (Wildman–Crippen LogP) is 5.88. The molecule has 0 saturated heterocycles. The molecule has 4 aromatic rings. The second kappa shape index (κ2) is 9.27. The van der Waals surface area contributed by atoms with Crippen molar-refractivity contribution in [3.63, 3.8) is 0 Å². The summed E-state index contributed by atoms with van der Waals surface area (Å²) in [6.45, 7) is 0.844. The number of carbonyl (C=O) groups excluding carboxylic acids is 1. The van der Waals surface area contributed by atoms with Crippen molar-refractivity contribution in [1.29, 1.82) is 0 Å². The summed E-state index contributed by atoms with van der Waals surface area (Å²) in [5.74, 6) is 0.654. The van der Waals surface area contributed by atoms with E-state index in [2.05, 4.69) is 12.1 Å². The summed E-state index contributed by atoms with van der Waals surface area (Å²) in [5, 5.41) is 0. The van der Waals surface area contributed by atoms with Gasteiger partial charge in [0, 0.05) is 19.0 Å². The molecular formula is C25H22FNO3. The smallest absolute Gasteiger partial charge is 0.289 e. The first-order valence-electron chi connectivity index (χ1n) is 9.86. The largest absolute Gasteiger partial charge is 0.469 e. The first-order valence-corrected chi connectivity index (χ1v) is 9.86. The van der Waals surface area contributed by atoms with E-state index >= 15 is 0 Å². The van der Waals surface area contributed by atoms with Gasteiger partial charge in [0.15, 0.2) is 5.76 Å². The molecule has 0 aliphatic carbocycles. The molecule has 152 valence electrons. The highest BCUT2D eigenvalue weighted by Gasteiger charge is 2.23. The van der Waals surface area contributed by atoms with E-state index in [1.165, 1.54) is 18.4 Å². The van der Waals surface area contributed by atoms with Crippen LogP contribution in [0.5, 0.6) is 0 Å². The highest BCUT2D eigenvalue weighted by molar-refractivity contribution is 5.91. The lowest BCUT2D eigenvalue weighted by Crippen LogP contribution is -2.32. The van der Waals surface area contributed by atoms with E-state index in [0.717, 1.165) is 16.9 Å². The van der Waals surface area contributed by atoms with Gasteiger partial charge in [0.05, 0.1) is 12.5 Å². The third-order valence-electron chi connectivity index (χ3n) is 5.08. The van der Waals surface area contributed by atoms with Crippen LogP contribution in [0.15, 0.2) is 100 Å². The Bertz CT molecular complexity index is 1040. The van der Waals surface area contributed by atoms with E-state index in [9.17, 15) is 9.18 Å². The first-order chi connectivity index (χ1) is 14.7. The van der Waals surface area contributed by atoms with Crippen molar-refractivity contribution in [3.05, 3.63) is 120 Å². The number of nitrogens with zero attached hydrogens (tertiary/aromatic N) is 1. The van der Waals surface area contributed by atoms with E-state index in [4.69, 9.17) is 8.83 Å². The van der Waals surface area contributed by atoms with E-state index in [0.29, 0.717) is 19.5 Å². The second-order valence-corrected chi connectivity index (χ2v) is 7.10. The maximum absolute atomic E-state index is 13.3. The standard InChI is InChI=1S/C25H22FNO3/c26-21-12-10-19(11-13-21)18-27(25(28)24-9-5-17-30-24)15-14-22(23-8-4-16-29-23)20-6-2-1-3-7-20/h1-13,16-17,22H,14-15,18H2/t22-/m0/s1. The molecule has 0 unspecified atom stereocenters. The summed E-state index contributed by atoms with van der Waals surface area (Å²) in [6, 6.07) is 23.5. The molecule has 0 spiro atoms. The molecular weight excluding hydrogens is 381 g/mol. The minimum atomic E-state index is -0.301. The molecule has 0 radical (unpaired) electrons. The van der Waals surface area contributed by atoms with Crippen molar-refractivity contribution in [2.45, 2.75) is 18.9 Å². The molecule has 4 rings (SSSR count). The fourth-order valence-corrected chi connectivity index (χ4v) is 3.55. The van der Waals surface area contributed by atoms with Crippen LogP contribution >= 0.6 is 0 Å². The number of hydrogen-bond acceptors (Lipinski definition) is 3. The average Bonchev–Trinajstić information content (AvgIpc) is 3.49. The fourth-order valence-electron chi connectivity index (χ4n) is 3.55. The van der Waals surface area contributed by atoms with Gasteiger partial charge in [-0.25, -0.2) is 4.39 Å². The Balaban J connectivity index is 1.56. The molecule has 0 aliphatic rings. The van der Waals surface area contributed by atoms with Crippen molar-refractivity contribution in [3.8, 4) is 0 Å². The lowest BCUT2D eigenvalue weighted by atomic mass is 9.93. The molecule has 4 nitrogen and oxygen atoms in total. The van der Waals surface area contributed by atoms with Crippen LogP contribution < -0.4 is 0 Å². The Morgan fingerprint density at radius 3 is 2.27 bits per heavy atom. The summed E-state index contributed by atoms with van der Waals surface area (Å²) in [7, 11) is 0. The number of furan rings is 2. The summed E-state index contributed by atoms with van der Waals surface area (Å²) < 4.78 is 24.3. The van der Waals surface area contributed by atoms with Gasteiger partial charge in [0.1, 0.15) is 11.6 Å². The first kappa shape index (κ1) is 19.7. The number of benzene rings is 2. The van der Waals surface area contributed by atoms with Gasteiger partial charge >= 0.3 is 0 Å². The van der Waals surface area contributed by atoms with E-state index < -0.39 is 0 Å².